The van der Waals surface area contributed by atoms with Crippen molar-refractivity contribution in [3.63, 3.8) is 0 Å². The smallest absolute Gasteiger partial charge is 0.246 e. The van der Waals surface area contributed by atoms with Crippen molar-refractivity contribution in [2.24, 2.45) is 4.99 Å². The van der Waals surface area contributed by atoms with Gasteiger partial charge in [-0.2, -0.15) is 4.98 Å². The molecule has 23 heavy (non-hydrogen) atoms. The maximum Gasteiger partial charge on any atom is 0.246 e. The van der Waals surface area contributed by atoms with E-state index in [1.54, 1.807) is 6.26 Å². The third-order valence-corrected chi connectivity index (χ3v) is 2.99. The molecule has 2 N–H and O–H groups in total. The van der Waals surface area contributed by atoms with Crippen LogP contribution in [-0.4, -0.2) is 29.3 Å². The molecule has 0 aliphatic carbocycles. The summed E-state index contributed by atoms with van der Waals surface area (Å²) in [5.41, 5.74) is 0. The zero-order valence-electron chi connectivity index (χ0n) is 13.7. The monoisotopic (exact) mass is 321 g/mol. The first-order chi connectivity index (χ1) is 11.2. The van der Waals surface area contributed by atoms with Crippen LogP contribution in [0.4, 0.5) is 0 Å². The molecule has 126 valence electrons. The van der Waals surface area contributed by atoms with Crippen LogP contribution in [0.2, 0.25) is 0 Å². The number of hydrogen-bond donors (Lipinski definition) is 2. The normalized spacial score (nSPS) is 13.1. The van der Waals surface area contributed by atoms with E-state index >= 15 is 0 Å². The molecule has 0 amide bonds. The van der Waals surface area contributed by atoms with Gasteiger partial charge in [-0.05, 0) is 32.9 Å². The van der Waals surface area contributed by atoms with Crippen molar-refractivity contribution in [1.29, 1.82) is 0 Å². The topological polar surface area (TPSA) is 97.7 Å². The molecule has 1 atom stereocenters. The van der Waals surface area contributed by atoms with Crippen LogP contribution >= 0.6 is 0 Å². The Morgan fingerprint density at radius 3 is 2.96 bits per heavy atom. The Balaban J connectivity index is 1.89. The number of nitrogens with zero attached hydrogens (tertiary/aromatic N) is 3. The van der Waals surface area contributed by atoms with Crippen LogP contribution in [0.15, 0.2) is 32.3 Å². The molecule has 2 aromatic rings. The molecule has 0 saturated carbocycles. The highest BCUT2D eigenvalue weighted by Crippen LogP contribution is 2.12. The summed E-state index contributed by atoms with van der Waals surface area (Å²) < 4.78 is 15.9. The zero-order valence-corrected chi connectivity index (χ0v) is 13.7. The Morgan fingerprint density at radius 1 is 1.39 bits per heavy atom. The van der Waals surface area contributed by atoms with Gasteiger partial charge in [-0.25, -0.2) is 4.99 Å². The van der Waals surface area contributed by atoms with E-state index in [1.807, 2.05) is 32.9 Å². The Morgan fingerprint density at radius 2 is 2.26 bits per heavy atom. The number of nitrogens with one attached hydrogen (secondary N) is 2. The highest BCUT2D eigenvalue weighted by atomic mass is 16.5. The van der Waals surface area contributed by atoms with Gasteiger partial charge in [-0.3, -0.25) is 0 Å². The van der Waals surface area contributed by atoms with E-state index in [9.17, 15) is 0 Å². The van der Waals surface area contributed by atoms with Crippen molar-refractivity contribution in [3.05, 3.63) is 35.9 Å². The number of furan rings is 1. The van der Waals surface area contributed by atoms with E-state index in [4.69, 9.17) is 13.7 Å². The van der Waals surface area contributed by atoms with Gasteiger partial charge in [0.15, 0.2) is 11.8 Å². The molecule has 0 bridgehead atoms. The van der Waals surface area contributed by atoms with E-state index in [0.29, 0.717) is 37.4 Å². The van der Waals surface area contributed by atoms with E-state index in [-0.39, 0.29) is 6.10 Å². The number of ether oxygens (including phenoxy) is 1. The zero-order chi connectivity index (χ0) is 16.5. The summed E-state index contributed by atoms with van der Waals surface area (Å²) in [6, 6.07) is 3.72. The summed E-state index contributed by atoms with van der Waals surface area (Å²) in [4.78, 5) is 8.73. The van der Waals surface area contributed by atoms with E-state index < -0.39 is 0 Å². The molecule has 0 aliphatic rings. The minimum atomic E-state index is -0.182. The number of guanidine groups is 1. The molecule has 2 heterocycles. The van der Waals surface area contributed by atoms with Gasteiger partial charge in [0, 0.05) is 13.2 Å². The van der Waals surface area contributed by atoms with Gasteiger partial charge in [0.1, 0.15) is 18.4 Å². The highest BCUT2D eigenvalue weighted by molar-refractivity contribution is 5.79. The fourth-order valence-electron chi connectivity index (χ4n) is 1.89. The first-order valence-electron chi connectivity index (χ1n) is 7.71. The van der Waals surface area contributed by atoms with E-state index in [0.717, 1.165) is 12.3 Å². The van der Waals surface area contributed by atoms with Gasteiger partial charge in [0.25, 0.3) is 0 Å². The fourth-order valence-corrected chi connectivity index (χ4v) is 1.89. The third-order valence-electron chi connectivity index (χ3n) is 2.99. The number of aromatic nitrogens is 2. The van der Waals surface area contributed by atoms with Crippen LogP contribution in [0.1, 0.15) is 44.4 Å². The summed E-state index contributed by atoms with van der Waals surface area (Å²) in [5.74, 6) is 2.48. The van der Waals surface area contributed by atoms with Crippen LogP contribution in [-0.2, 0) is 17.8 Å². The predicted molar refractivity (Wildman–Crippen MR) is 84.7 cm³/mol. The first kappa shape index (κ1) is 17.0. The summed E-state index contributed by atoms with van der Waals surface area (Å²) in [6.45, 7) is 8.01. The third kappa shape index (κ3) is 5.41. The van der Waals surface area contributed by atoms with Crippen molar-refractivity contribution < 1.29 is 13.7 Å². The molecule has 2 aromatic heterocycles. The largest absolute Gasteiger partial charge is 0.467 e. The molecular formula is C15H23N5O3. The molecule has 0 fully saturated rings. The summed E-state index contributed by atoms with van der Waals surface area (Å²) in [6.07, 6.45) is 1.45. The average molecular weight is 321 g/mol. The van der Waals surface area contributed by atoms with Crippen LogP contribution in [0.25, 0.3) is 0 Å². The molecule has 0 radical (unpaired) electrons. The van der Waals surface area contributed by atoms with Gasteiger partial charge >= 0.3 is 0 Å². The quantitative estimate of drug-likeness (QED) is 0.567. The molecule has 8 heteroatoms. The summed E-state index contributed by atoms with van der Waals surface area (Å²) in [5, 5.41) is 10.2. The van der Waals surface area contributed by atoms with Gasteiger partial charge in [-0.1, -0.05) is 5.16 Å². The van der Waals surface area contributed by atoms with Gasteiger partial charge < -0.3 is 24.3 Å². The molecule has 0 saturated heterocycles. The van der Waals surface area contributed by atoms with Crippen molar-refractivity contribution in [3.8, 4) is 0 Å². The lowest BCUT2D eigenvalue weighted by molar-refractivity contribution is 0.0683. The molecule has 0 spiro atoms. The second-order valence-electron chi connectivity index (χ2n) is 4.77. The van der Waals surface area contributed by atoms with Crippen molar-refractivity contribution in [1.82, 2.24) is 20.8 Å². The number of rotatable bonds is 8. The Hall–Kier alpha value is -2.35. The summed E-state index contributed by atoms with van der Waals surface area (Å²) in [7, 11) is 0. The second-order valence-corrected chi connectivity index (χ2v) is 4.77. The number of hydrogen-bond acceptors (Lipinski definition) is 6. The van der Waals surface area contributed by atoms with Crippen LogP contribution in [0.5, 0.6) is 0 Å². The lowest BCUT2D eigenvalue weighted by Gasteiger charge is -2.08. The second kappa shape index (κ2) is 8.94. The van der Waals surface area contributed by atoms with Crippen LogP contribution in [0.3, 0.4) is 0 Å². The lowest BCUT2D eigenvalue weighted by Crippen LogP contribution is -2.36. The van der Waals surface area contributed by atoms with Crippen LogP contribution in [0, 0.1) is 0 Å². The van der Waals surface area contributed by atoms with Gasteiger partial charge in [0.2, 0.25) is 5.89 Å². The molecule has 0 aliphatic heterocycles. The first-order valence-corrected chi connectivity index (χ1v) is 7.71. The van der Waals surface area contributed by atoms with Crippen molar-refractivity contribution in [2.45, 2.75) is 40.0 Å². The highest BCUT2D eigenvalue weighted by Gasteiger charge is 2.13. The Labute approximate surface area is 135 Å². The minimum absolute atomic E-state index is 0.182. The van der Waals surface area contributed by atoms with Crippen LogP contribution < -0.4 is 10.6 Å². The molecular weight excluding hydrogens is 298 g/mol. The molecule has 0 aromatic carbocycles. The predicted octanol–water partition coefficient (Wildman–Crippen LogP) is 2.02. The standard InChI is InChI=1S/C15H23N5O3/c1-4-16-15(17-9-12-7-6-8-22-12)18-10-13-19-14(20-23-13)11(3)21-5-2/h6-8,11H,4-5,9-10H2,1-3H3,(H2,16,17,18). The van der Waals surface area contributed by atoms with Gasteiger partial charge in [0.05, 0.1) is 12.8 Å². The van der Waals surface area contributed by atoms with E-state index in [1.165, 1.54) is 0 Å². The fraction of sp³-hybridized carbons (Fsp3) is 0.533. The Bertz CT molecular complexity index is 594. The van der Waals surface area contributed by atoms with E-state index in [2.05, 4.69) is 25.8 Å². The van der Waals surface area contributed by atoms with Crippen molar-refractivity contribution >= 4 is 5.96 Å². The molecule has 1 unspecified atom stereocenters. The number of aliphatic imine (C=N–C) groups is 1. The lowest BCUT2D eigenvalue weighted by atomic mass is 10.4. The average Bonchev–Trinajstić information content (AvgIpc) is 3.21. The SMILES string of the molecule is CCNC(=NCc1ccco1)NCc1nc(C(C)OCC)no1. The Kier molecular flexibility index (Phi) is 6.61. The van der Waals surface area contributed by atoms with Crippen molar-refractivity contribution in [2.75, 3.05) is 13.2 Å². The summed E-state index contributed by atoms with van der Waals surface area (Å²) >= 11 is 0. The maximum atomic E-state index is 5.43. The van der Waals surface area contributed by atoms with Gasteiger partial charge in [-0.15, -0.1) is 0 Å². The molecule has 8 nitrogen and oxygen atoms in total. The minimum Gasteiger partial charge on any atom is -0.467 e. The maximum absolute atomic E-state index is 5.43. The molecule has 2 rings (SSSR count).